The fourth-order valence-corrected chi connectivity index (χ4v) is 4.42. The zero-order chi connectivity index (χ0) is 29.6. The monoisotopic (exact) mass is 571 g/mol. The molecule has 0 bridgehead atoms. The molecule has 12 heteroatoms. The van der Waals surface area contributed by atoms with Crippen LogP contribution in [0.25, 0.3) is 0 Å². The summed E-state index contributed by atoms with van der Waals surface area (Å²) in [6.45, 7) is 7.95. The van der Waals surface area contributed by atoms with E-state index in [2.05, 4.69) is 5.32 Å². The fourth-order valence-electron chi connectivity index (χ4n) is 3.76. The molecule has 0 unspecified atom stereocenters. The number of carbonyl (C=O) groups excluding carboxylic acids is 6. The number of carbonyl (C=O) groups is 6. The summed E-state index contributed by atoms with van der Waals surface area (Å²) in [6, 6.07) is 6.60. The van der Waals surface area contributed by atoms with E-state index in [1.165, 1.54) is 36.0 Å². The van der Waals surface area contributed by atoms with Gasteiger partial charge in [-0.2, -0.15) is 11.8 Å². The van der Waals surface area contributed by atoms with E-state index >= 15 is 0 Å². The van der Waals surface area contributed by atoms with Gasteiger partial charge in [0.1, 0.15) is 23.7 Å². The van der Waals surface area contributed by atoms with Gasteiger partial charge in [0.15, 0.2) is 5.78 Å². The summed E-state index contributed by atoms with van der Waals surface area (Å²) >= 11 is 1.43. The number of ether oxygens (including phenoxy) is 4. The normalized spacial score (nSPS) is 12.1. The maximum atomic E-state index is 13.5. The number of hydrogen-bond donors (Lipinski definition) is 1. The van der Waals surface area contributed by atoms with Crippen LogP contribution in [0.1, 0.15) is 76.8 Å². The molecule has 0 aliphatic heterocycles. The molecule has 1 aliphatic carbocycles. The molecule has 11 nitrogen and oxygen atoms in total. The van der Waals surface area contributed by atoms with E-state index in [0.717, 1.165) is 19.9 Å². The average Bonchev–Trinajstić information content (AvgIpc) is 2.84. The van der Waals surface area contributed by atoms with Gasteiger partial charge in [0.05, 0.1) is 16.7 Å². The number of amides is 1. The van der Waals surface area contributed by atoms with E-state index in [9.17, 15) is 28.8 Å². The lowest BCUT2D eigenvalue weighted by atomic mass is 9.82. The molecule has 2 aromatic carbocycles. The Balaban J connectivity index is 1.72. The molecule has 1 aliphatic rings. The van der Waals surface area contributed by atoms with Gasteiger partial charge in [0, 0.05) is 43.0 Å². The Hall–Kier alpha value is -4.19. The molecule has 0 heterocycles. The number of hydrogen-bond acceptors (Lipinski definition) is 11. The second-order valence-corrected chi connectivity index (χ2v) is 10.8. The summed E-state index contributed by atoms with van der Waals surface area (Å²) in [4.78, 5) is 74.6. The van der Waals surface area contributed by atoms with Gasteiger partial charge in [-0.15, -0.1) is 0 Å². The van der Waals surface area contributed by atoms with Crippen LogP contribution < -0.4 is 14.8 Å². The van der Waals surface area contributed by atoms with Gasteiger partial charge in [-0.1, -0.05) is 12.1 Å². The van der Waals surface area contributed by atoms with Crippen molar-refractivity contribution in [2.75, 3.05) is 24.7 Å². The Bertz CT molecular complexity index is 1380. The first-order valence-electron chi connectivity index (χ1n) is 12.3. The van der Waals surface area contributed by atoms with E-state index in [1.807, 2.05) is 0 Å². The average molecular weight is 572 g/mol. The zero-order valence-electron chi connectivity index (χ0n) is 22.7. The minimum Gasteiger partial charge on any atom is -0.461 e. The molecule has 1 N–H and O–H groups in total. The van der Waals surface area contributed by atoms with Crippen molar-refractivity contribution in [3.8, 4) is 11.5 Å². The Kier molecular flexibility index (Phi) is 9.69. The molecule has 0 spiro atoms. The molecule has 0 saturated heterocycles. The van der Waals surface area contributed by atoms with Crippen LogP contribution in [0.3, 0.4) is 0 Å². The molecular formula is C28H29NO10S. The summed E-state index contributed by atoms with van der Waals surface area (Å²) in [5.41, 5.74) is -1.22. The largest absolute Gasteiger partial charge is 0.461 e. The van der Waals surface area contributed by atoms with Gasteiger partial charge < -0.3 is 24.3 Å². The van der Waals surface area contributed by atoms with Crippen LogP contribution in [0.5, 0.6) is 11.5 Å². The van der Waals surface area contributed by atoms with Gasteiger partial charge in [0.2, 0.25) is 5.78 Å². The summed E-state index contributed by atoms with van der Waals surface area (Å²) in [5.74, 6) is -2.98. The van der Waals surface area contributed by atoms with Gasteiger partial charge in [-0.25, -0.2) is 9.59 Å². The molecule has 0 radical (unpaired) electrons. The van der Waals surface area contributed by atoms with Gasteiger partial charge >= 0.3 is 24.0 Å². The van der Waals surface area contributed by atoms with Crippen molar-refractivity contribution in [1.82, 2.24) is 5.32 Å². The molecule has 0 atom stereocenters. The molecule has 40 heavy (non-hydrogen) atoms. The minimum atomic E-state index is -0.789. The molecule has 1 amide bonds. The minimum absolute atomic E-state index is 0.0214. The van der Waals surface area contributed by atoms with E-state index in [1.54, 1.807) is 20.8 Å². The summed E-state index contributed by atoms with van der Waals surface area (Å²) in [6.07, 6.45) is -0.520. The Morgan fingerprint density at radius 1 is 0.850 bits per heavy atom. The molecule has 0 aromatic heterocycles. The highest BCUT2D eigenvalue weighted by Gasteiger charge is 2.36. The van der Waals surface area contributed by atoms with Crippen molar-refractivity contribution in [3.05, 3.63) is 58.1 Å². The van der Waals surface area contributed by atoms with Crippen molar-refractivity contribution in [2.45, 2.75) is 40.2 Å². The van der Waals surface area contributed by atoms with Crippen molar-refractivity contribution < 1.29 is 47.7 Å². The number of nitrogens with one attached hydrogen (secondary N) is 1. The molecule has 0 saturated carbocycles. The maximum absolute atomic E-state index is 13.5. The second kappa shape index (κ2) is 12.8. The van der Waals surface area contributed by atoms with Crippen molar-refractivity contribution in [2.24, 2.45) is 0 Å². The Morgan fingerprint density at radius 2 is 1.50 bits per heavy atom. The van der Waals surface area contributed by atoms with E-state index in [4.69, 9.17) is 18.9 Å². The van der Waals surface area contributed by atoms with Crippen molar-refractivity contribution in [3.63, 3.8) is 0 Å². The van der Waals surface area contributed by atoms with Gasteiger partial charge in [-0.05, 0) is 39.0 Å². The van der Waals surface area contributed by atoms with Gasteiger partial charge in [0.25, 0.3) is 0 Å². The number of ketones is 2. The number of benzene rings is 2. The van der Waals surface area contributed by atoms with Crippen LogP contribution in [0.4, 0.5) is 4.79 Å². The smallest absolute Gasteiger partial charge is 0.407 e. The molecule has 212 valence electrons. The van der Waals surface area contributed by atoms with Crippen molar-refractivity contribution >= 4 is 47.3 Å². The van der Waals surface area contributed by atoms with Gasteiger partial charge in [-0.3, -0.25) is 19.2 Å². The number of thioether (sulfide) groups is 1. The van der Waals surface area contributed by atoms with Crippen LogP contribution in [0, 0.1) is 0 Å². The standard InChI is InChI=1S/C28H29NO10S/c1-15(30)37-20-8-6-7-18-22(20)25(33)23-19(24(18)32)13-17(14-21(23)38-16(2)31)26(34)36-10-12-40-11-9-29-27(35)39-28(3,4)5/h6-8,13-14H,9-12H2,1-5H3,(H,29,35). The lowest BCUT2D eigenvalue weighted by Crippen LogP contribution is -2.33. The number of alkyl carbamates (subject to hydrolysis) is 1. The van der Waals surface area contributed by atoms with Crippen LogP contribution >= 0.6 is 11.8 Å². The topological polar surface area (TPSA) is 151 Å². The van der Waals surface area contributed by atoms with Crippen molar-refractivity contribution in [1.29, 1.82) is 0 Å². The fraction of sp³-hybridized carbons (Fsp3) is 0.357. The summed E-state index contributed by atoms with van der Waals surface area (Å²) in [7, 11) is 0. The highest BCUT2D eigenvalue weighted by molar-refractivity contribution is 7.99. The van der Waals surface area contributed by atoms with E-state index in [0.29, 0.717) is 18.1 Å². The number of rotatable bonds is 9. The van der Waals surface area contributed by atoms with Crippen LogP contribution in [-0.2, 0) is 19.1 Å². The SMILES string of the molecule is CC(=O)Oc1cccc2c1C(=O)c1c(OC(C)=O)cc(C(=O)OCCSCCNC(=O)OC(C)(C)C)cc1C2=O. The molecule has 2 aromatic rings. The van der Waals surface area contributed by atoms with Crippen LogP contribution in [0.2, 0.25) is 0 Å². The lowest BCUT2D eigenvalue weighted by Gasteiger charge is -2.22. The maximum Gasteiger partial charge on any atom is 0.407 e. The van der Waals surface area contributed by atoms with Crippen LogP contribution in [-0.4, -0.2) is 65.8 Å². The molecular weight excluding hydrogens is 542 g/mol. The zero-order valence-corrected chi connectivity index (χ0v) is 23.5. The first-order chi connectivity index (χ1) is 18.8. The Morgan fingerprint density at radius 3 is 2.15 bits per heavy atom. The third-order valence-electron chi connectivity index (χ3n) is 5.19. The lowest BCUT2D eigenvalue weighted by molar-refractivity contribution is -0.132. The third-order valence-corrected chi connectivity index (χ3v) is 6.14. The van der Waals surface area contributed by atoms with E-state index < -0.39 is 41.2 Å². The summed E-state index contributed by atoms with van der Waals surface area (Å²) in [5, 5.41) is 2.63. The second-order valence-electron chi connectivity index (χ2n) is 9.60. The molecule has 0 fully saturated rings. The quantitative estimate of drug-likeness (QED) is 0.227. The van der Waals surface area contributed by atoms with Crippen LogP contribution in [0.15, 0.2) is 30.3 Å². The first kappa shape index (κ1) is 30.4. The first-order valence-corrected chi connectivity index (χ1v) is 13.4. The number of esters is 3. The highest BCUT2D eigenvalue weighted by Crippen LogP contribution is 2.38. The summed E-state index contributed by atoms with van der Waals surface area (Å²) < 4.78 is 20.8. The third kappa shape index (κ3) is 7.69. The van der Waals surface area contributed by atoms with E-state index in [-0.39, 0.29) is 45.9 Å². The Labute approximate surface area is 234 Å². The highest BCUT2D eigenvalue weighted by atomic mass is 32.2. The predicted molar refractivity (Wildman–Crippen MR) is 144 cm³/mol. The number of fused-ring (bicyclic) bond motifs is 2. The predicted octanol–water partition coefficient (Wildman–Crippen LogP) is 3.73. The molecule has 3 rings (SSSR count).